The Morgan fingerprint density at radius 2 is 1.43 bits per heavy atom. The van der Waals surface area contributed by atoms with Crippen LogP contribution in [0.25, 0.3) is 0 Å². The van der Waals surface area contributed by atoms with Crippen LogP contribution in [0.1, 0.15) is 0 Å². The van der Waals surface area contributed by atoms with E-state index in [9.17, 15) is 4.20 Å². The summed E-state index contributed by atoms with van der Waals surface area (Å²) < 4.78 is 18.6. The average molecular weight is 123 g/mol. The second kappa shape index (κ2) is 4.79. The van der Waals surface area contributed by atoms with Crippen molar-refractivity contribution in [1.82, 2.24) is 6.15 Å². The van der Waals surface area contributed by atoms with Gasteiger partial charge in [0.1, 0.15) is 7.91 Å². The molecule has 0 heterocycles. The Balaban J connectivity index is -0.0000000800. The van der Waals surface area contributed by atoms with E-state index in [0.29, 0.717) is 0 Å². The Hall–Kier alpha value is 0.637. The van der Waals surface area contributed by atoms with Crippen LogP contribution in [0.15, 0.2) is 0 Å². The van der Waals surface area contributed by atoms with E-state index in [1.54, 1.807) is 0 Å². The topological polar surface area (TPSA) is 99.7 Å². The first-order chi connectivity index (χ1) is 2.00. The van der Waals surface area contributed by atoms with Crippen LogP contribution in [0, 0.1) is 0 Å². The molecule has 0 aromatic carbocycles. The first-order valence-corrected chi connectivity index (χ1v) is 2.15. The molecular weight excluding hydrogens is 119 g/mol. The molecule has 0 saturated carbocycles. The largest absolute Gasteiger partial charge is 1.00 e. The van der Waals surface area contributed by atoms with Crippen LogP contribution in [0.2, 0.25) is 0 Å². The van der Waals surface area contributed by atoms with Gasteiger partial charge in [0.05, 0.1) is 0 Å². The molecule has 0 spiro atoms. The van der Waals surface area contributed by atoms with E-state index in [0.717, 1.165) is 0 Å². The zero-order chi connectivity index (χ0) is 4.50. The number of hydrogen-bond donors (Lipinski definition) is 1. The molecule has 4 N–H and O–H groups in total. The average Bonchev–Trinajstić information content (AvgIpc) is 0.722. The third kappa shape index (κ3) is 351. The Morgan fingerprint density at radius 3 is 1.43 bits per heavy atom. The van der Waals surface area contributed by atoms with E-state index in [1.807, 2.05) is 0 Å². The summed E-state index contributed by atoms with van der Waals surface area (Å²) in [6, 6.07) is 0. The van der Waals surface area contributed by atoms with Crippen LogP contribution >= 0.6 is 7.91 Å². The zero-order valence-corrected chi connectivity index (χ0v) is 4.94. The standard InChI is InChI=1S/FH2O3P.Li.H3N/c1-5(2,3)4;;/h(H2,2,3,4);;1H3/q;+1;/p-1. The van der Waals surface area contributed by atoms with Gasteiger partial charge in [-0.25, -0.2) is 4.20 Å². The van der Waals surface area contributed by atoms with E-state index >= 15 is 0 Å². The minimum absolute atomic E-state index is 0. The van der Waals surface area contributed by atoms with E-state index in [1.165, 1.54) is 0 Å². The van der Waals surface area contributed by atoms with Crippen LogP contribution in [-0.2, 0) is 4.57 Å². The van der Waals surface area contributed by atoms with Crippen molar-refractivity contribution in [2.75, 3.05) is 0 Å². The van der Waals surface area contributed by atoms with Crippen molar-refractivity contribution in [2.45, 2.75) is 0 Å². The zero-order valence-electron chi connectivity index (χ0n) is 4.05. The fourth-order valence-electron chi connectivity index (χ4n) is 0. The maximum atomic E-state index is 10.1. The van der Waals surface area contributed by atoms with Crippen LogP contribution in [0.5, 0.6) is 0 Å². The summed E-state index contributed by atoms with van der Waals surface area (Å²) in [6.07, 6.45) is 0. The summed E-state index contributed by atoms with van der Waals surface area (Å²) in [5.41, 5.74) is 0. The molecule has 0 aliphatic carbocycles. The monoisotopic (exact) mass is 123 g/mol. The molecule has 0 radical (unpaired) electrons. The van der Waals surface area contributed by atoms with Gasteiger partial charge in [-0.1, -0.05) is 0 Å². The van der Waals surface area contributed by atoms with Crippen LogP contribution in [0.3, 0.4) is 0 Å². The molecule has 0 aliphatic heterocycles. The van der Waals surface area contributed by atoms with E-state index in [-0.39, 0.29) is 25.0 Å². The van der Waals surface area contributed by atoms with Gasteiger partial charge in [-0.05, 0) is 0 Å². The van der Waals surface area contributed by atoms with E-state index < -0.39 is 7.91 Å². The van der Waals surface area contributed by atoms with Crippen molar-refractivity contribution in [2.24, 2.45) is 0 Å². The van der Waals surface area contributed by atoms with Crippen molar-refractivity contribution in [3.8, 4) is 0 Å². The van der Waals surface area contributed by atoms with Gasteiger partial charge in [0.2, 0.25) is 0 Å². The van der Waals surface area contributed by atoms with Gasteiger partial charge in [0.15, 0.2) is 0 Å². The quantitative estimate of drug-likeness (QED) is 0.263. The molecule has 0 rings (SSSR count). The fourth-order valence-corrected chi connectivity index (χ4v) is 0. The molecule has 7 heavy (non-hydrogen) atoms. The molecule has 0 atom stereocenters. The van der Waals surface area contributed by atoms with Crippen molar-refractivity contribution in [3.63, 3.8) is 0 Å². The van der Waals surface area contributed by atoms with E-state index in [2.05, 4.69) is 0 Å². The van der Waals surface area contributed by atoms with Crippen molar-refractivity contribution in [3.05, 3.63) is 0 Å². The number of hydrogen-bond acceptors (Lipinski definition) is 3. The van der Waals surface area contributed by atoms with Crippen LogP contribution in [-0.4, -0.2) is 0 Å². The Labute approximate surface area is 52.1 Å². The second-order valence-electron chi connectivity index (χ2n) is 0.431. The maximum Gasteiger partial charge on any atom is 1.00 e. The Morgan fingerprint density at radius 1 is 1.43 bits per heavy atom. The molecule has 0 aliphatic rings. The molecule has 0 unspecified atom stereocenters. The van der Waals surface area contributed by atoms with Gasteiger partial charge in [-0.15, -0.1) is 0 Å². The molecule has 0 aromatic rings. The first kappa shape index (κ1) is 15.6. The van der Waals surface area contributed by atoms with Gasteiger partial charge in [0, 0.05) is 0 Å². The molecule has 7 heteroatoms. The van der Waals surface area contributed by atoms with Gasteiger partial charge >= 0.3 is 18.9 Å². The van der Waals surface area contributed by atoms with Gasteiger partial charge in [-0.2, -0.15) is 0 Å². The predicted molar refractivity (Wildman–Crippen MR) is 14.7 cm³/mol. The Bertz CT molecular complexity index is 61.1. The molecule has 0 aromatic heterocycles. The normalized spacial score (nSPS) is 8.43. The number of rotatable bonds is 0. The molecule has 0 saturated heterocycles. The third-order valence-electron chi connectivity index (χ3n) is 0. The maximum absolute atomic E-state index is 10.1. The Kier molecular flexibility index (Phi) is 10.7. The number of quaternary nitrogens is 1. The minimum atomic E-state index is -5.64. The molecular formula is H4FLiNO3P. The summed E-state index contributed by atoms with van der Waals surface area (Å²) >= 11 is 0. The second-order valence-corrected chi connectivity index (χ2v) is 1.29. The summed E-state index contributed by atoms with van der Waals surface area (Å²) in [5.74, 6) is 0. The molecule has 0 fully saturated rings. The van der Waals surface area contributed by atoms with Crippen molar-refractivity contribution in [1.29, 1.82) is 0 Å². The van der Waals surface area contributed by atoms with Crippen molar-refractivity contribution < 1.29 is 37.4 Å². The summed E-state index contributed by atoms with van der Waals surface area (Å²) in [6.45, 7) is 0. The van der Waals surface area contributed by atoms with Crippen molar-refractivity contribution >= 4 is 7.91 Å². The summed E-state index contributed by atoms with van der Waals surface area (Å²) in [7, 11) is -5.64. The van der Waals surface area contributed by atoms with Gasteiger partial charge in [0.25, 0.3) is 0 Å². The van der Waals surface area contributed by atoms with Crippen LogP contribution in [0.4, 0.5) is 4.20 Å². The third-order valence-corrected chi connectivity index (χ3v) is 0. The van der Waals surface area contributed by atoms with Gasteiger partial charge < -0.3 is 20.5 Å². The van der Waals surface area contributed by atoms with Gasteiger partial charge in [-0.3, -0.25) is 0 Å². The number of halogens is 1. The SMILES string of the molecule is O=P([O-])([O-])F.[Li+].[NH4+]. The minimum Gasteiger partial charge on any atom is -0.786 e. The summed E-state index contributed by atoms with van der Waals surface area (Å²) in [5, 5.41) is 0. The fraction of sp³-hybridized carbons (Fsp3) is 0. The predicted octanol–water partition coefficient (Wildman–Crippen LogP) is -3.84. The molecule has 0 bridgehead atoms. The van der Waals surface area contributed by atoms with Crippen LogP contribution < -0.4 is 34.8 Å². The summed E-state index contributed by atoms with van der Waals surface area (Å²) in [4.78, 5) is 16.9. The molecule has 40 valence electrons. The van der Waals surface area contributed by atoms with E-state index in [4.69, 9.17) is 14.4 Å². The molecule has 0 amide bonds. The first-order valence-electron chi connectivity index (χ1n) is 0.717. The molecule has 4 nitrogen and oxygen atoms in total. The smallest absolute Gasteiger partial charge is 0.786 e.